The van der Waals surface area contributed by atoms with Gasteiger partial charge in [0, 0.05) is 97.3 Å². The number of aromatic nitrogens is 4. The fourth-order valence-corrected chi connectivity index (χ4v) is 9.11. The summed E-state index contributed by atoms with van der Waals surface area (Å²) in [5, 5.41) is 35.9. The van der Waals surface area contributed by atoms with Crippen molar-refractivity contribution in [1.29, 1.82) is 0 Å². The van der Waals surface area contributed by atoms with Crippen LogP contribution < -0.4 is 48.6 Å². The van der Waals surface area contributed by atoms with Crippen molar-refractivity contribution < 1.29 is 42.3 Å². The summed E-state index contributed by atoms with van der Waals surface area (Å²) in [6.07, 6.45) is 14.9. The first kappa shape index (κ1) is 97.5. The summed E-state index contributed by atoms with van der Waals surface area (Å²) >= 11 is 8.38. The highest BCUT2D eigenvalue weighted by Gasteiger charge is 2.27. The number of allylic oxidation sites excluding steroid dienone is 6. The number of nitrogens with zero attached hydrogens (tertiary/aromatic N) is 14. The molecule has 7 aliphatic heterocycles. The Labute approximate surface area is 649 Å². The summed E-state index contributed by atoms with van der Waals surface area (Å²) in [4.78, 5) is 114. The number of hydrazone groups is 3. The van der Waals surface area contributed by atoms with Crippen molar-refractivity contribution in [2.45, 2.75) is 234 Å². The van der Waals surface area contributed by atoms with Crippen molar-refractivity contribution in [2.75, 3.05) is 0 Å². The molecular formula is C74H114BrF2N21O9S. The minimum atomic E-state index is -0.497. The fourth-order valence-electron chi connectivity index (χ4n) is 8.41. The molecule has 34 heteroatoms. The number of hydrogen-bond donors (Lipinski definition) is 7. The maximum atomic E-state index is 12.9. The summed E-state index contributed by atoms with van der Waals surface area (Å²) < 4.78 is 29.4. The van der Waals surface area contributed by atoms with Gasteiger partial charge in [-0.3, -0.25) is 33.5 Å². The van der Waals surface area contributed by atoms with Crippen molar-refractivity contribution >= 4 is 92.9 Å². The topological polar surface area (TPSA) is 333 Å². The lowest BCUT2D eigenvalue weighted by Gasteiger charge is -2.29. The molecule has 2 aromatic heterocycles. The van der Waals surface area contributed by atoms with Crippen LogP contribution in [0.2, 0.25) is 0 Å². The number of urea groups is 6. The van der Waals surface area contributed by atoms with E-state index >= 15 is 0 Å². The maximum Gasteiger partial charge on any atom is 0.348 e. The second-order valence-corrected chi connectivity index (χ2v) is 28.1. The van der Waals surface area contributed by atoms with E-state index in [9.17, 15) is 51.9 Å². The molecule has 2 aromatic rings. The number of nitrogens with one attached hydrogen (secondary N) is 7. The maximum absolute atomic E-state index is 12.9. The van der Waals surface area contributed by atoms with Crippen LogP contribution in [0.1, 0.15) is 183 Å². The lowest BCUT2D eigenvalue weighted by atomic mass is 10.1. The third-order valence-corrected chi connectivity index (χ3v) is 15.5. The first-order valence-electron chi connectivity index (χ1n) is 34.3. The summed E-state index contributed by atoms with van der Waals surface area (Å²) in [5.74, 6) is -0.857. The molecule has 0 bridgehead atoms. The molecule has 0 spiro atoms. The largest absolute Gasteiger partial charge is 0.348 e. The highest BCUT2D eigenvalue weighted by atomic mass is 79.9. The highest BCUT2D eigenvalue weighted by Crippen LogP contribution is 2.21. The zero-order chi connectivity index (χ0) is 82.5. The van der Waals surface area contributed by atoms with Gasteiger partial charge in [-0.2, -0.15) is 25.3 Å². The van der Waals surface area contributed by atoms with Gasteiger partial charge in [0.1, 0.15) is 5.78 Å². The first-order valence-corrected chi connectivity index (χ1v) is 35.5. The Hall–Kier alpha value is -10.5. The molecule has 0 aliphatic carbocycles. The zero-order valence-electron chi connectivity index (χ0n) is 66.0. The van der Waals surface area contributed by atoms with E-state index in [4.69, 9.17) is 12.2 Å². The van der Waals surface area contributed by atoms with Crippen molar-refractivity contribution in [3.8, 4) is 0 Å². The smallest absolute Gasteiger partial charge is 0.331 e. The Balaban J connectivity index is 0.00000119. The molecular weight excluding hydrogens is 1480 g/mol. The number of rotatable bonds is 11. The van der Waals surface area contributed by atoms with Crippen LogP contribution in [0.5, 0.6) is 0 Å². The quantitative estimate of drug-likeness (QED) is 0.103. The molecule has 1 atom stereocenters. The number of hydrogen-bond acceptors (Lipinski definition) is 15. The van der Waals surface area contributed by atoms with Crippen LogP contribution in [-0.2, 0) is 4.79 Å². The van der Waals surface area contributed by atoms with Gasteiger partial charge in [-0.1, -0.05) is 46.9 Å². The summed E-state index contributed by atoms with van der Waals surface area (Å²) in [7, 11) is 0. The molecule has 7 N–H and O–H groups in total. The average molecular weight is 1590 g/mol. The predicted molar refractivity (Wildman–Crippen MR) is 433 cm³/mol. The Morgan fingerprint density at radius 2 is 0.954 bits per heavy atom. The molecule has 0 fully saturated rings. The van der Waals surface area contributed by atoms with Crippen molar-refractivity contribution in [3.05, 3.63) is 178 Å². The van der Waals surface area contributed by atoms with E-state index in [0.717, 1.165) is 33.5 Å². The van der Waals surface area contributed by atoms with Gasteiger partial charge < -0.3 is 37.2 Å². The number of halogens is 3. The zero-order valence-corrected chi connectivity index (χ0v) is 68.4. The Morgan fingerprint density at radius 3 is 1.41 bits per heavy atom. The van der Waals surface area contributed by atoms with Gasteiger partial charge in [-0.25, -0.2) is 62.2 Å². The monoisotopic (exact) mass is 1590 g/mol. The number of aryl methyl sites for hydroxylation is 2. The Bertz CT molecular complexity index is 3710. The predicted octanol–water partition coefficient (Wildman–Crippen LogP) is 13.4. The van der Waals surface area contributed by atoms with E-state index in [2.05, 4.69) is 118 Å². The number of carbonyl (C=O) groups excluding carboxylic acids is 7. The van der Waals surface area contributed by atoms with Gasteiger partial charge >= 0.3 is 47.6 Å². The second-order valence-electron chi connectivity index (χ2n) is 26.9. The van der Waals surface area contributed by atoms with E-state index in [1.807, 2.05) is 130 Å². The Kier molecular flexibility index (Phi) is 41.4. The fraction of sp³-hybridized carbons (Fsp3) is 0.473. The van der Waals surface area contributed by atoms with Gasteiger partial charge in [-0.15, -0.1) is 0 Å². The highest BCUT2D eigenvalue weighted by molar-refractivity contribution is 9.12. The minimum absolute atomic E-state index is 0. The molecule has 9 heterocycles. The van der Waals surface area contributed by atoms with E-state index in [-0.39, 0.29) is 127 Å². The van der Waals surface area contributed by atoms with Gasteiger partial charge in [-0.05, 0) is 206 Å². The van der Waals surface area contributed by atoms with Crippen LogP contribution in [0.25, 0.3) is 0 Å². The summed E-state index contributed by atoms with van der Waals surface area (Å²) in [6.45, 7) is 64.6. The number of thiocarbonyl (C=S) groups is 1. The van der Waals surface area contributed by atoms with E-state index in [1.165, 1.54) is 45.7 Å². The standard InChI is InChI=1S/C10H16N2O2.C8H11BrN2O.2C8H11FN2O.C8H13N3O.C8H13N3S.2C8H12N2O.C7H11N3O.CH4/c1-7(2)12-5-4-9(6-8(3)13)11-10(12)14;3*1-5(2)11-4-7(9)6(3)10-8(11)12;2*1-5(2)11-8(12)9-6(3)7(4)10-11;2*1-6(2)10-5-4-7(3)9-8(10)11;1-5(2)10-7(11)9-6(3)4-8-10;/h4-5,7,9H,6H2,1-3H3,(H,11,14);4-5H,3H2,1-2H3,(H,10,12);4-5H,1-3H3;4-5H,3H2,1-2H3,(H,10,12);2*5H,3H2,1-2,4H3,(H,9,12);4-6H,1-3H3;4-6H,3H2,1-2H3,(H,9,11);4-5H,3H2,1-2H3,(H,9,11);1H4. The van der Waals surface area contributed by atoms with E-state index in [1.54, 1.807) is 82.8 Å². The first-order chi connectivity index (χ1) is 49.4. The average Bonchev–Trinajstić information content (AvgIpc) is 0.858. The van der Waals surface area contributed by atoms with Crippen LogP contribution >= 0.6 is 28.1 Å². The molecule has 108 heavy (non-hydrogen) atoms. The summed E-state index contributed by atoms with van der Waals surface area (Å²) in [6, 6.07) is 1.59. The molecule has 0 aromatic carbocycles. The third-order valence-electron chi connectivity index (χ3n) is 14.5. The number of ketones is 1. The normalized spacial score (nSPS) is 16.6. The van der Waals surface area contributed by atoms with Gasteiger partial charge in [0.05, 0.1) is 74.4 Å². The molecule has 12 amide bonds. The molecule has 7 aliphatic rings. The Morgan fingerprint density at radius 1 is 0.519 bits per heavy atom. The molecule has 30 nitrogen and oxygen atoms in total. The lowest BCUT2D eigenvalue weighted by molar-refractivity contribution is -0.117. The molecule has 596 valence electrons. The van der Waals surface area contributed by atoms with Crippen LogP contribution in [-0.4, -0.2) is 167 Å². The second kappa shape index (κ2) is 45.9. The SMILES string of the molecule is C.C=C1C=CN(C(C)C)C(=O)N1.C=C1C=NN(C(C)C)C(=O)N1.C=C1NC(=O)N(C(C)C)C=C1Br.C=C1NC(=O)N(C(C)C)C=C1F.C=C1NC(=O)N(C(C)C)N=C1C.C=C1NC(=S)N(C(C)C)N=C1C.CC(=O)CC1C=CN(C(C)C)C(=O)N1.Cc1ccn(C(C)C)c(=O)n1.Cc1nc(=O)n(C(C)C)cc1F. The summed E-state index contributed by atoms with van der Waals surface area (Å²) in [5.41, 5.74) is 5.18. The number of amides is 12. The number of Topliss-reactive ketones (excluding diaryl/α,β-unsaturated/α-hetero) is 1. The minimum Gasteiger partial charge on any atom is -0.331 e. The van der Waals surface area contributed by atoms with E-state index < -0.39 is 17.3 Å². The van der Waals surface area contributed by atoms with Crippen molar-refractivity contribution in [1.82, 2.24) is 90.9 Å². The van der Waals surface area contributed by atoms with Gasteiger partial charge in [0.25, 0.3) is 0 Å². The lowest BCUT2D eigenvalue weighted by Crippen LogP contribution is -2.48. The van der Waals surface area contributed by atoms with E-state index in [0.29, 0.717) is 34.3 Å². The van der Waals surface area contributed by atoms with Crippen molar-refractivity contribution in [3.63, 3.8) is 0 Å². The molecule has 0 saturated heterocycles. The third kappa shape index (κ3) is 32.7. The van der Waals surface area contributed by atoms with Gasteiger partial charge in [0.2, 0.25) is 0 Å². The van der Waals surface area contributed by atoms with Crippen LogP contribution in [0.4, 0.5) is 37.5 Å². The van der Waals surface area contributed by atoms with Crippen molar-refractivity contribution in [2.24, 2.45) is 15.3 Å². The molecule has 0 saturated carbocycles. The molecule has 0 radical (unpaired) electrons. The molecule has 1 unspecified atom stereocenters. The van der Waals surface area contributed by atoms with Gasteiger partial charge in [0.15, 0.2) is 16.8 Å². The van der Waals surface area contributed by atoms with Crippen LogP contribution in [0.15, 0.2) is 164 Å². The van der Waals surface area contributed by atoms with Crippen LogP contribution in [0.3, 0.4) is 0 Å². The van der Waals surface area contributed by atoms with Crippen LogP contribution in [0, 0.1) is 19.7 Å². The molecule has 9 rings (SSSR count). The number of carbonyl (C=O) groups is 7.